The van der Waals surface area contributed by atoms with Crippen molar-refractivity contribution in [3.63, 3.8) is 0 Å². The van der Waals surface area contributed by atoms with Gasteiger partial charge in [-0.25, -0.2) is 9.78 Å². The summed E-state index contributed by atoms with van der Waals surface area (Å²) in [6.45, 7) is 9.19. The Bertz CT molecular complexity index is 388. The van der Waals surface area contributed by atoms with Crippen LogP contribution in [0.1, 0.15) is 42.6 Å². The lowest BCUT2D eigenvalue weighted by molar-refractivity contribution is 0.0605. The van der Waals surface area contributed by atoms with E-state index in [1.807, 2.05) is 6.92 Å². The van der Waals surface area contributed by atoms with E-state index in [0.717, 1.165) is 23.8 Å². The van der Waals surface area contributed by atoms with E-state index in [1.54, 1.807) is 0 Å². The number of esters is 1. The van der Waals surface area contributed by atoms with Crippen LogP contribution in [0.2, 0.25) is 0 Å². The summed E-state index contributed by atoms with van der Waals surface area (Å²) in [4.78, 5) is 18.8. The highest BCUT2D eigenvalue weighted by molar-refractivity contribution is 7.17. The Morgan fingerprint density at radius 2 is 2.18 bits per heavy atom. The number of aryl methyl sites for hydroxylation is 1. The molecule has 1 aromatic rings. The van der Waals surface area contributed by atoms with Gasteiger partial charge in [-0.1, -0.05) is 18.3 Å². The highest BCUT2D eigenvalue weighted by Gasteiger charge is 2.20. The van der Waals surface area contributed by atoms with Crippen LogP contribution in [0, 0.1) is 6.92 Å². The van der Waals surface area contributed by atoms with E-state index in [-0.39, 0.29) is 5.97 Å². The molecule has 96 valence electrons. The van der Waals surface area contributed by atoms with Gasteiger partial charge in [-0.05, 0) is 27.2 Å². The van der Waals surface area contributed by atoms with Crippen LogP contribution in [0.3, 0.4) is 0 Å². The molecule has 1 aromatic heterocycles. The SMILES string of the molecule is CCCN(c1nc(C)c(C(=O)OC)s1)C(C)C. The minimum Gasteiger partial charge on any atom is -0.465 e. The van der Waals surface area contributed by atoms with Crippen molar-refractivity contribution >= 4 is 22.4 Å². The number of anilines is 1. The average Bonchev–Trinajstić information content (AvgIpc) is 2.66. The molecule has 0 aliphatic carbocycles. The van der Waals surface area contributed by atoms with Gasteiger partial charge in [-0.15, -0.1) is 0 Å². The fourth-order valence-corrected chi connectivity index (χ4v) is 2.75. The smallest absolute Gasteiger partial charge is 0.350 e. The molecule has 0 aromatic carbocycles. The second-order valence-corrected chi connectivity index (χ2v) is 5.17. The van der Waals surface area contributed by atoms with Crippen molar-refractivity contribution in [2.45, 2.75) is 40.2 Å². The highest BCUT2D eigenvalue weighted by Crippen LogP contribution is 2.28. The number of carbonyl (C=O) groups is 1. The number of thiazole rings is 1. The maximum absolute atomic E-state index is 11.5. The zero-order chi connectivity index (χ0) is 13.0. The van der Waals surface area contributed by atoms with Crippen molar-refractivity contribution < 1.29 is 9.53 Å². The summed E-state index contributed by atoms with van der Waals surface area (Å²) < 4.78 is 4.74. The van der Waals surface area contributed by atoms with E-state index in [4.69, 9.17) is 4.74 Å². The summed E-state index contributed by atoms with van der Waals surface area (Å²) >= 11 is 1.41. The van der Waals surface area contributed by atoms with Gasteiger partial charge in [0.2, 0.25) is 0 Å². The van der Waals surface area contributed by atoms with Crippen LogP contribution in [-0.4, -0.2) is 30.6 Å². The summed E-state index contributed by atoms with van der Waals surface area (Å²) in [6, 6.07) is 0.381. The molecule has 0 bridgehead atoms. The molecule has 0 aliphatic heterocycles. The van der Waals surface area contributed by atoms with Crippen molar-refractivity contribution in [1.29, 1.82) is 0 Å². The van der Waals surface area contributed by atoms with Gasteiger partial charge in [0.05, 0.1) is 12.8 Å². The molecule has 0 N–H and O–H groups in total. The van der Waals surface area contributed by atoms with Gasteiger partial charge in [-0.2, -0.15) is 0 Å². The zero-order valence-corrected chi connectivity index (χ0v) is 11.9. The van der Waals surface area contributed by atoms with Crippen LogP contribution in [0.5, 0.6) is 0 Å². The predicted octanol–water partition coefficient (Wildman–Crippen LogP) is 2.86. The monoisotopic (exact) mass is 256 g/mol. The summed E-state index contributed by atoms with van der Waals surface area (Å²) in [6.07, 6.45) is 1.06. The predicted molar refractivity (Wildman–Crippen MR) is 71.0 cm³/mol. The lowest BCUT2D eigenvalue weighted by Gasteiger charge is -2.25. The van der Waals surface area contributed by atoms with Gasteiger partial charge in [0.25, 0.3) is 0 Å². The van der Waals surface area contributed by atoms with Gasteiger partial charge < -0.3 is 9.64 Å². The molecular formula is C12H20N2O2S. The summed E-state index contributed by atoms with van der Waals surface area (Å²) in [5, 5.41) is 0.903. The van der Waals surface area contributed by atoms with E-state index < -0.39 is 0 Å². The van der Waals surface area contributed by atoms with Crippen LogP contribution in [0.4, 0.5) is 5.13 Å². The Hall–Kier alpha value is -1.10. The highest BCUT2D eigenvalue weighted by atomic mass is 32.1. The number of hydrogen-bond donors (Lipinski definition) is 0. The quantitative estimate of drug-likeness (QED) is 0.760. The molecule has 17 heavy (non-hydrogen) atoms. The topological polar surface area (TPSA) is 42.4 Å². The largest absolute Gasteiger partial charge is 0.465 e. The molecule has 0 aliphatic rings. The van der Waals surface area contributed by atoms with E-state index in [1.165, 1.54) is 18.4 Å². The third-order valence-electron chi connectivity index (χ3n) is 2.49. The first kappa shape index (κ1) is 14.0. The fourth-order valence-electron chi connectivity index (χ4n) is 1.60. The molecule has 0 radical (unpaired) electrons. The normalized spacial score (nSPS) is 10.7. The second kappa shape index (κ2) is 6.00. The number of nitrogens with zero attached hydrogens (tertiary/aromatic N) is 2. The van der Waals surface area contributed by atoms with Gasteiger partial charge in [0.15, 0.2) is 5.13 Å². The molecule has 1 heterocycles. The molecule has 4 nitrogen and oxygen atoms in total. The number of ether oxygens (including phenoxy) is 1. The van der Waals surface area contributed by atoms with Crippen molar-refractivity contribution in [2.24, 2.45) is 0 Å². The van der Waals surface area contributed by atoms with Crippen LogP contribution >= 0.6 is 11.3 Å². The molecular weight excluding hydrogens is 236 g/mol. The Kier molecular flexibility index (Phi) is 4.93. The van der Waals surface area contributed by atoms with E-state index in [9.17, 15) is 4.79 Å². The van der Waals surface area contributed by atoms with Crippen molar-refractivity contribution in [2.75, 3.05) is 18.6 Å². The second-order valence-electron chi connectivity index (χ2n) is 4.19. The first-order chi connectivity index (χ1) is 8.01. The van der Waals surface area contributed by atoms with Crippen molar-refractivity contribution in [3.05, 3.63) is 10.6 Å². The maximum Gasteiger partial charge on any atom is 0.350 e. The van der Waals surface area contributed by atoms with Crippen LogP contribution in [0.25, 0.3) is 0 Å². The minimum absolute atomic E-state index is 0.300. The van der Waals surface area contributed by atoms with Gasteiger partial charge in [-0.3, -0.25) is 0 Å². The van der Waals surface area contributed by atoms with Gasteiger partial charge in [0, 0.05) is 12.6 Å². The molecule has 0 unspecified atom stereocenters. The molecule has 0 fully saturated rings. The Morgan fingerprint density at radius 1 is 1.53 bits per heavy atom. The zero-order valence-electron chi connectivity index (χ0n) is 11.1. The van der Waals surface area contributed by atoms with Crippen LogP contribution in [-0.2, 0) is 4.74 Å². The number of hydrogen-bond acceptors (Lipinski definition) is 5. The Morgan fingerprint density at radius 3 is 2.65 bits per heavy atom. The first-order valence-corrected chi connectivity index (χ1v) is 6.65. The van der Waals surface area contributed by atoms with Gasteiger partial charge in [0.1, 0.15) is 4.88 Å². The average molecular weight is 256 g/mol. The molecule has 1 rings (SSSR count). The molecule has 0 atom stereocenters. The van der Waals surface area contributed by atoms with Gasteiger partial charge >= 0.3 is 5.97 Å². The standard InChI is InChI=1S/C12H20N2O2S/c1-6-7-14(8(2)3)12-13-9(4)10(17-12)11(15)16-5/h8H,6-7H2,1-5H3. The third kappa shape index (κ3) is 3.19. The lowest BCUT2D eigenvalue weighted by Crippen LogP contribution is -2.31. The Balaban J connectivity index is 3.01. The maximum atomic E-state index is 11.5. The Labute approximate surface area is 107 Å². The van der Waals surface area contributed by atoms with Crippen LogP contribution in [0.15, 0.2) is 0 Å². The lowest BCUT2D eigenvalue weighted by atomic mass is 10.3. The number of aromatic nitrogens is 1. The number of methoxy groups -OCH3 is 1. The molecule has 0 spiro atoms. The molecule has 0 saturated carbocycles. The minimum atomic E-state index is -0.300. The number of carbonyl (C=O) groups excluding carboxylic acids is 1. The summed E-state index contributed by atoms with van der Waals surface area (Å²) in [7, 11) is 1.40. The van der Waals surface area contributed by atoms with Crippen molar-refractivity contribution in [1.82, 2.24) is 4.98 Å². The third-order valence-corrected chi connectivity index (χ3v) is 3.66. The van der Waals surface area contributed by atoms with E-state index in [2.05, 4.69) is 30.7 Å². The van der Waals surface area contributed by atoms with E-state index >= 15 is 0 Å². The van der Waals surface area contributed by atoms with Crippen molar-refractivity contribution in [3.8, 4) is 0 Å². The first-order valence-electron chi connectivity index (χ1n) is 5.83. The number of rotatable bonds is 5. The summed E-state index contributed by atoms with van der Waals surface area (Å²) in [5.74, 6) is -0.300. The molecule has 5 heteroatoms. The van der Waals surface area contributed by atoms with Crippen LogP contribution < -0.4 is 4.90 Å². The summed E-state index contributed by atoms with van der Waals surface area (Å²) in [5.41, 5.74) is 0.749. The fraction of sp³-hybridized carbons (Fsp3) is 0.667. The molecule has 0 saturated heterocycles. The molecule has 0 amide bonds. The van der Waals surface area contributed by atoms with E-state index in [0.29, 0.717) is 10.9 Å².